The Morgan fingerprint density at radius 2 is 1.89 bits per heavy atom. The number of alkyl halides is 3. The average molecular weight is 384 g/mol. The predicted octanol–water partition coefficient (Wildman–Crippen LogP) is 3.23. The molecule has 1 aliphatic heterocycles. The van der Waals surface area contributed by atoms with E-state index < -0.39 is 34.6 Å². The fourth-order valence-corrected chi connectivity index (χ4v) is 3.27. The van der Waals surface area contributed by atoms with Crippen molar-refractivity contribution >= 4 is 5.91 Å². The number of rotatable bonds is 2. The second kappa shape index (κ2) is 6.63. The Morgan fingerprint density at radius 1 is 1.26 bits per heavy atom. The Balaban J connectivity index is 2.01. The average Bonchev–Trinajstić information content (AvgIpc) is 3.02. The van der Waals surface area contributed by atoms with Gasteiger partial charge in [-0.15, -0.1) is 0 Å². The van der Waals surface area contributed by atoms with E-state index in [9.17, 15) is 22.4 Å². The Morgan fingerprint density at radius 3 is 2.44 bits per heavy atom. The summed E-state index contributed by atoms with van der Waals surface area (Å²) >= 11 is 0. The van der Waals surface area contributed by atoms with E-state index in [-0.39, 0.29) is 24.8 Å². The molecule has 3 rings (SSSR count). The molecule has 1 saturated heterocycles. The highest BCUT2D eigenvalue weighted by atomic mass is 19.4. The highest BCUT2D eigenvalue weighted by molar-refractivity contribution is 5.95. The van der Waals surface area contributed by atoms with Gasteiger partial charge in [0.15, 0.2) is 5.69 Å². The molecule has 0 aliphatic carbocycles. The molecule has 0 bridgehead atoms. The van der Waals surface area contributed by atoms with Crippen molar-refractivity contribution in [2.24, 2.45) is 11.1 Å². The van der Waals surface area contributed by atoms with Gasteiger partial charge in [0.1, 0.15) is 5.82 Å². The first-order chi connectivity index (χ1) is 12.5. The summed E-state index contributed by atoms with van der Waals surface area (Å²) in [6, 6.07) is 4.29. The van der Waals surface area contributed by atoms with Crippen molar-refractivity contribution < 1.29 is 22.4 Å². The minimum absolute atomic E-state index is 0.0174. The molecule has 1 fully saturated rings. The Labute approximate surface area is 153 Å². The molecule has 2 N–H and O–H groups in total. The van der Waals surface area contributed by atoms with E-state index in [1.54, 1.807) is 0 Å². The molecular weight excluding hydrogens is 364 g/mol. The minimum Gasteiger partial charge on any atom is -0.338 e. The van der Waals surface area contributed by atoms with Crippen LogP contribution in [0.25, 0.3) is 5.69 Å². The summed E-state index contributed by atoms with van der Waals surface area (Å²) in [6.07, 6.45) is -3.39. The molecule has 1 amide bonds. The molecule has 2 aromatic rings. The van der Waals surface area contributed by atoms with Gasteiger partial charge in [-0.3, -0.25) is 4.79 Å². The molecule has 1 aromatic heterocycles. The molecule has 2 heterocycles. The van der Waals surface area contributed by atoms with Crippen molar-refractivity contribution in [2.75, 3.05) is 13.1 Å². The number of nitrogens with zero attached hydrogens (tertiary/aromatic N) is 3. The van der Waals surface area contributed by atoms with Gasteiger partial charge >= 0.3 is 6.18 Å². The van der Waals surface area contributed by atoms with Gasteiger partial charge in [-0.05, 0) is 36.1 Å². The van der Waals surface area contributed by atoms with Gasteiger partial charge in [0.2, 0.25) is 0 Å². The van der Waals surface area contributed by atoms with Gasteiger partial charge < -0.3 is 10.6 Å². The monoisotopic (exact) mass is 384 g/mol. The van der Waals surface area contributed by atoms with Crippen molar-refractivity contribution in [1.29, 1.82) is 0 Å². The van der Waals surface area contributed by atoms with Crippen molar-refractivity contribution in [3.63, 3.8) is 0 Å². The van der Waals surface area contributed by atoms with Crippen LogP contribution in [0.1, 0.15) is 36.3 Å². The van der Waals surface area contributed by atoms with Gasteiger partial charge in [-0.1, -0.05) is 13.8 Å². The minimum atomic E-state index is -4.81. The lowest BCUT2D eigenvalue weighted by Crippen LogP contribution is -2.54. The van der Waals surface area contributed by atoms with Crippen LogP contribution in [0, 0.1) is 11.2 Å². The van der Waals surface area contributed by atoms with Crippen molar-refractivity contribution in [1.82, 2.24) is 14.7 Å². The van der Waals surface area contributed by atoms with Crippen LogP contribution in [0.4, 0.5) is 17.6 Å². The molecule has 9 heteroatoms. The van der Waals surface area contributed by atoms with E-state index in [4.69, 9.17) is 5.73 Å². The van der Waals surface area contributed by atoms with Crippen molar-refractivity contribution in [3.05, 3.63) is 47.5 Å². The Bertz CT molecular complexity index is 842. The molecular formula is C18H20F4N4O. The maximum absolute atomic E-state index is 13.7. The van der Waals surface area contributed by atoms with E-state index in [1.165, 1.54) is 17.0 Å². The lowest BCUT2D eigenvalue weighted by Gasteiger charge is -2.42. The Kier molecular flexibility index (Phi) is 4.75. The number of aromatic nitrogens is 2. The van der Waals surface area contributed by atoms with E-state index in [0.29, 0.717) is 11.1 Å². The highest BCUT2D eigenvalue weighted by Gasteiger charge is 2.43. The fourth-order valence-electron chi connectivity index (χ4n) is 3.27. The summed E-state index contributed by atoms with van der Waals surface area (Å²) in [5.74, 6) is -1.32. The molecule has 1 aliphatic rings. The summed E-state index contributed by atoms with van der Waals surface area (Å²) in [5.41, 5.74) is 3.95. The second-order valence-electron chi connectivity index (χ2n) is 7.40. The number of nitrogens with two attached hydrogens (primary N) is 1. The SMILES string of the molecule is CC1(C)CN(C(=O)c2cnn(-c3ccc(F)cc3)c2C(F)(F)F)CCC1N. The third-order valence-electron chi connectivity index (χ3n) is 4.94. The quantitative estimate of drug-likeness (QED) is 0.809. The summed E-state index contributed by atoms with van der Waals surface area (Å²) < 4.78 is 54.9. The molecule has 5 nitrogen and oxygen atoms in total. The zero-order valence-electron chi connectivity index (χ0n) is 14.9. The lowest BCUT2D eigenvalue weighted by molar-refractivity contribution is -0.143. The highest BCUT2D eigenvalue weighted by Crippen LogP contribution is 2.35. The lowest BCUT2D eigenvalue weighted by atomic mass is 9.79. The number of halogens is 4. The number of hydrogen-bond donors (Lipinski definition) is 1. The first-order valence-corrected chi connectivity index (χ1v) is 8.47. The molecule has 1 aromatic carbocycles. The van der Waals surface area contributed by atoms with Crippen molar-refractivity contribution in [3.8, 4) is 5.69 Å². The topological polar surface area (TPSA) is 64.2 Å². The van der Waals surface area contributed by atoms with Crippen LogP contribution in [0.2, 0.25) is 0 Å². The smallest absolute Gasteiger partial charge is 0.338 e. The standard InChI is InChI=1S/C18H20F4N4O/c1-17(2)10-25(8-7-14(17)23)16(27)13-9-24-26(15(13)18(20,21)22)12-5-3-11(19)4-6-12/h3-6,9,14H,7-8,10,23H2,1-2H3. The number of piperidine rings is 1. The van der Waals surface area contributed by atoms with Crippen molar-refractivity contribution in [2.45, 2.75) is 32.5 Å². The maximum Gasteiger partial charge on any atom is 0.434 e. The van der Waals surface area contributed by atoms with E-state index in [0.717, 1.165) is 18.3 Å². The van der Waals surface area contributed by atoms with Crippen LogP contribution in [-0.4, -0.2) is 39.7 Å². The Hall–Kier alpha value is -2.42. The van der Waals surface area contributed by atoms with Gasteiger partial charge in [-0.25, -0.2) is 9.07 Å². The molecule has 0 spiro atoms. The number of benzene rings is 1. The number of hydrogen-bond acceptors (Lipinski definition) is 3. The molecule has 1 atom stereocenters. The van der Waals surface area contributed by atoms with Gasteiger partial charge in [0, 0.05) is 19.1 Å². The zero-order valence-corrected chi connectivity index (χ0v) is 14.9. The van der Waals surface area contributed by atoms with Gasteiger partial charge in [0.05, 0.1) is 17.4 Å². The van der Waals surface area contributed by atoms with E-state index >= 15 is 0 Å². The fraction of sp³-hybridized carbons (Fsp3) is 0.444. The van der Waals surface area contributed by atoms with Crippen LogP contribution >= 0.6 is 0 Å². The van der Waals surface area contributed by atoms with E-state index in [1.807, 2.05) is 13.8 Å². The number of likely N-dealkylation sites (tertiary alicyclic amines) is 1. The normalized spacial score (nSPS) is 20.0. The summed E-state index contributed by atoms with van der Waals surface area (Å²) in [5, 5.41) is 3.75. The van der Waals surface area contributed by atoms with Gasteiger partial charge in [-0.2, -0.15) is 18.3 Å². The first kappa shape index (κ1) is 19.3. The summed E-state index contributed by atoms with van der Waals surface area (Å²) in [4.78, 5) is 14.2. The number of amides is 1. The zero-order chi connectivity index (χ0) is 20.0. The van der Waals surface area contributed by atoms with Gasteiger partial charge in [0.25, 0.3) is 5.91 Å². The predicted molar refractivity (Wildman–Crippen MR) is 90.8 cm³/mol. The third-order valence-corrected chi connectivity index (χ3v) is 4.94. The molecule has 27 heavy (non-hydrogen) atoms. The number of carbonyl (C=O) groups excluding carboxylic acids is 1. The van der Waals surface area contributed by atoms with Crippen LogP contribution in [0.5, 0.6) is 0 Å². The first-order valence-electron chi connectivity index (χ1n) is 8.47. The molecule has 1 unspecified atom stereocenters. The van der Waals surface area contributed by atoms with Crippen LogP contribution in [-0.2, 0) is 6.18 Å². The largest absolute Gasteiger partial charge is 0.434 e. The molecule has 0 radical (unpaired) electrons. The maximum atomic E-state index is 13.7. The van der Waals surface area contributed by atoms with Crippen LogP contribution < -0.4 is 5.73 Å². The molecule has 0 saturated carbocycles. The third kappa shape index (κ3) is 3.69. The van der Waals surface area contributed by atoms with Crippen LogP contribution in [0.15, 0.2) is 30.5 Å². The van der Waals surface area contributed by atoms with E-state index in [2.05, 4.69) is 5.10 Å². The molecule has 146 valence electrons. The second-order valence-corrected chi connectivity index (χ2v) is 7.40. The number of carbonyl (C=O) groups is 1. The summed E-state index contributed by atoms with van der Waals surface area (Å²) in [6.45, 7) is 4.29. The van der Waals surface area contributed by atoms with Crippen LogP contribution in [0.3, 0.4) is 0 Å². The summed E-state index contributed by atoms with van der Waals surface area (Å²) in [7, 11) is 0.